The molecule has 2 aromatic carbocycles. The molecule has 162 valence electrons. The lowest BCUT2D eigenvalue weighted by molar-refractivity contribution is -0.132. The lowest BCUT2D eigenvalue weighted by Crippen LogP contribution is -2.40. The molecule has 0 radical (unpaired) electrons. The number of carbonyl (C=O) groups is 1. The highest BCUT2D eigenvalue weighted by Gasteiger charge is 2.28. The molecular weight excluding hydrogens is 425 g/mol. The molecular formula is C20H20FN5O4S. The van der Waals surface area contributed by atoms with Crippen LogP contribution in [0, 0.1) is 5.82 Å². The Balaban J connectivity index is 1.46. The minimum atomic E-state index is -3.79. The Labute approximate surface area is 177 Å². The van der Waals surface area contributed by atoms with E-state index in [1.54, 1.807) is 24.3 Å². The number of hydrogen-bond donors (Lipinski definition) is 0. The first-order valence-corrected chi connectivity index (χ1v) is 11.2. The molecule has 11 heteroatoms. The second-order valence-corrected chi connectivity index (χ2v) is 9.10. The van der Waals surface area contributed by atoms with Gasteiger partial charge in [0.2, 0.25) is 15.9 Å². The van der Waals surface area contributed by atoms with E-state index >= 15 is 0 Å². The standard InChI is InChI=1S/C20H20FN5O4S/c21-15-6-8-16(9-7-15)31(29,30)25-11-3-10-24(12-13-25)19(27)14-26-20(28)17-4-1-2-5-18(17)22-23-26/h1-2,4-9H,3,10-14H2. The average molecular weight is 445 g/mol. The average Bonchev–Trinajstić information content (AvgIpc) is 3.03. The first kappa shape index (κ1) is 21.1. The van der Waals surface area contributed by atoms with Crippen molar-refractivity contribution >= 4 is 26.8 Å². The summed E-state index contributed by atoms with van der Waals surface area (Å²) in [4.78, 5) is 26.8. The fourth-order valence-electron chi connectivity index (χ4n) is 3.49. The van der Waals surface area contributed by atoms with Gasteiger partial charge in [0.1, 0.15) is 17.9 Å². The highest BCUT2D eigenvalue weighted by atomic mass is 32.2. The molecule has 0 unspecified atom stereocenters. The van der Waals surface area contributed by atoms with Crippen LogP contribution >= 0.6 is 0 Å². The van der Waals surface area contributed by atoms with Crippen molar-refractivity contribution in [1.29, 1.82) is 0 Å². The Morgan fingerprint density at radius 1 is 1.00 bits per heavy atom. The third-order valence-electron chi connectivity index (χ3n) is 5.17. The largest absolute Gasteiger partial charge is 0.340 e. The van der Waals surface area contributed by atoms with E-state index in [-0.39, 0.29) is 37.0 Å². The van der Waals surface area contributed by atoms with E-state index < -0.39 is 21.4 Å². The van der Waals surface area contributed by atoms with Crippen LogP contribution in [0.3, 0.4) is 0 Å². The number of nitrogens with zero attached hydrogens (tertiary/aromatic N) is 5. The molecule has 1 aliphatic heterocycles. The van der Waals surface area contributed by atoms with Gasteiger partial charge in [-0.1, -0.05) is 17.3 Å². The Morgan fingerprint density at radius 2 is 1.74 bits per heavy atom. The summed E-state index contributed by atoms with van der Waals surface area (Å²) >= 11 is 0. The molecule has 3 aromatic rings. The first-order valence-electron chi connectivity index (χ1n) is 9.72. The molecule has 0 spiro atoms. The zero-order valence-electron chi connectivity index (χ0n) is 16.5. The van der Waals surface area contributed by atoms with Crippen molar-refractivity contribution in [1.82, 2.24) is 24.2 Å². The highest BCUT2D eigenvalue weighted by Crippen LogP contribution is 2.18. The van der Waals surface area contributed by atoms with Crippen molar-refractivity contribution in [2.45, 2.75) is 17.9 Å². The third-order valence-corrected chi connectivity index (χ3v) is 7.09. The third kappa shape index (κ3) is 4.32. The molecule has 0 atom stereocenters. The summed E-state index contributed by atoms with van der Waals surface area (Å²) < 4.78 is 41.1. The second kappa shape index (κ2) is 8.52. The van der Waals surface area contributed by atoms with Gasteiger partial charge in [0.05, 0.1) is 10.3 Å². The number of amides is 1. The smallest absolute Gasteiger partial charge is 0.278 e. The van der Waals surface area contributed by atoms with E-state index in [9.17, 15) is 22.4 Å². The van der Waals surface area contributed by atoms with Crippen molar-refractivity contribution in [3.05, 3.63) is 64.7 Å². The van der Waals surface area contributed by atoms with Crippen molar-refractivity contribution in [3.63, 3.8) is 0 Å². The van der Waals surface area contributed by atoms with Gasteiger partial charge in [-0.2, -0.15) is 4.31 Å². The maximum Gasteiger partial charge on any atom is 0.278 e. The Morgan fingerprint density at radius 3 is 2.52 bits per heavy atom. The maximum atomic E-state index is 13.1. The molecule has 31 heavy (non-hydrogen) atoms. The molecule has 4 rings (SSSR count). The van der Waals surface area contributed by atoms with Gasteiger partial charge < -0.3 is 4.90 Å². The van der Waals surface area contributed by atoms with Gasteiger partial charge >= 0.3 is 0 Å². The lowest BCUT2D eigenvalue weighted by Gasteiger charge is -2.22. The number of rotatable bonds is 4. The van der Waals surface area contributed by atoms with E-state index in [0.717, 1.165) is 16.8 Å². The van der Waals surface area contributed by atoms with Crippen LogP contribution in [0.4, 0.5) is 4.39 Å². The summed E-state index contributed by atoms with van der Waals surface area (Å²) in [5.41, 5.74) is 0.0434. The molecule has 1 fully saturated rings. The molecule has 0 N–H and O–H groups in total. The number of sulfonamides is 1. The van der Waals surface area contributed by atoms with Crippen molar-refractivity contribution in [2.24, 2.45) is 0 Å². The number of benzene rings is 2. The highest BCUT2D eigenvalue weighted by molar-refractivity contribution is 7.89. The number of aromatic nitrogens is 3. The number of halogens is 1. The molecule has 0 saturated carbocycles. The van der Waals surface area contributed by atoms with Crippen LogP contribution in [0.2, 0.25) is 0 Å². The predicted molar refractivity (Wildman–Crippen MR) is 110 cm³/mol. The molecule has 1 saturated heterocycles. The number of fused-ring (bicyclic) bond motifs is 1. The molecule has 9 nitrogen and oxygen atoms in total. The number of hydrogen-bond acceptors (Lipinski definition) is 6. The summed E-state index contributed by atoms with van der Waals surface area (Å²) in [6.07, 6.45) is 0.435. The summed E-state index contributed by atoms with van der Waals surface area (Å²) in [7, 11) is -3.79. The quantitative estimate of drug-likeness (QED) is 0.590. The first-order chi connectivity index (χ1) is 14.9. The van der Waals surface area contributed by atoms with Crippen LogP contribution in [0.1, 0.15) is 6.42 Å². The van der Waals surface area contributed by atoms with Crippen molar-refractivity contribution < 1.29 is 17.6 Å². The summed E-state index contributed by atoms with van der Waals surface area (Å²) in [6, 6.07) is 11.4. The Bertz CT molecular complexity index is 1280. The van der Waals surface area contributed by atoms with Crippen molar-refractivity contribution in [3.8, 4) is 0 Å². The predicted octanol–water partition coefficient (Wildman–Crippen LogP) is 0.854. The van der Waals surface area contributed by atoms with Gasteiger partial charge in [0.25, 0.3) is 5.56 Å². The van der Waals surface area contributed by atoms with E-state index in [4.69, 9.17) is 0 Å². The summed E-state index contributed by atoms with van der Waals surface area (Å²) in [5.74, 6) is -0.855. The van der Waals surface area contributed by atoms with Crippen molar-refractivity contribution in [2.75, 3.05) is 26.2 Å². The van der Waals surface area contributed by atoms with Gasteiger partial charge in [-0.3, -0.25) is 9.59 Å². The molecule has 1 aromatic heterocycles. The fraction of sp³-hybridized carbons (Fsp3) is 0.300. The lowest BCUT2D eigenvalue weighted by atomic mass is 10.2. The van der Waals surface area contributed by atoms with Gasteiger partial charge in [-0.25, -0.2) is 17.5 Å². The monoisotopic (exact) mass is 445 g/mol. The van der Waals surface area contributed by atoms with E-state index in [1.165, 1.54) is 21.3 Å². The SMILES string of the molecule is O=C(Cn1nnc2ccccc2c1=O)N1CCCN(S(=O)(=O)c2ccc(F)cc2)CC1. The van der Waals surface area contributed by atoms with Crippen LogP contribution in [0.5, 0.6) is 0 Å². The van der Waals surface area contributed by atoms with Crippen LogP contribution in [0.15, 0.2) is 58.2 Å². The topological polar surface area (TPSA) is 105 Å². The molecule has 0 bridgehead atoms. The summed E-state index contributed by atoms with van der Waals surface area (Å²) in [6.45, 7) is 0.587. The van der Waals surface area contributed by atoms with Crippen LogP contribution in [-0.4, -0.2) is 64.7 Å². The zero-order valence-corrected chi connectivity index (χ0v) is 17.3. The zero-order chi connectivity index (χ0) is 22.0. The second-order valence-electron chi connectivity index (χ2n) is 7.16. The normalized spacial score (nSPS) is 15.7. The van der Waals surface area contributed by atoms with Crippen LogP contribution < -0.4 is 5.56 Å². The number of carbonyl (C=O) groups excluding carboxylic acids is 1. The van der Waals surface area contributed by atoms with Gasteiger partial charge in [-0.05, 0) is 42.8 Å². The minimum Gasteiger partial charge on any atom is -0.340 e. The van der Waals surface area contributed by atoms with E-state index in [2.05, 4.69) is 10.3 Å². The molecule has 1 amide bonds. The fourth-order valence-corrected chi connectivity index (χ4v) is 4.96. The van der Waals surface area contributed by atoms with Gasteiger partial charge in [-0.15, -0.1) is 5.10 Å². The van der Waals surface area contributed by atoms with Gasteiger partial charge in [0.15, 0.2) is 0 Å². The Kier molecular flexibility index (Phi) is 5.79. The summed E-state index contributed by atoms with van der Waals surface area (Å²) in [5, 5.41) is 8.18. The molecule has 1 aliphatic rings. The maximum absolute atomic E-state index is 13.1. The Hall–Kier alpha value is -3.18. The molecule has 0 aliphatic carbocycles. The van der Waals surface area contributed by atoms with Crippen LogP contribution in [-0.2, 0) is 21.4 Å². The van der Waals surface area contributed by atoms with Crippen LogP contribution in [0.25, 0.3) is 10.9 Å². The molecule has 2 heterocycles. The minimum absolute atomic E-state index is 0.00617. The van der Waals surface area contributed by atoms with E-state index in [0.29, 0.717) is 23.9 Å². The van der Waals surface area contributed by atoms with E-state index in [1.807, 2.05) is 0 Å². The van der Waals surface area contributed by atoms with Gasteiger partial charge in [0, 0.05) is 26.2 Å².